The van der Waals surface area contributed by atoms with Crippen LogP contribution in [0.3, 0.4) is 0 Å². The van der Waals surface area contributed by atoms with E-state index in [0.29, 0.717) is 21.9 Å². The molecule has 0 aliphatic rings. The van der Waals surface area contributed by atoms with Crippen molar-refractivity contribution < 1.29 is 9.21 Å². The Morgan fingerprint density at radius 3 is 2.95 bits per heavy atom. The van der Waals surface area contributed by atoms with E-state index < -0.39 is 5.76 Å². The van der Waals surface area contributed by atoms with Crippen LogP contribution in [0.2, 0.25) is 5.02 Å². The van der Waals surface area contributed by atoms with E-state index in [-0.39, 0.29) is 18.9 Å². The summed E-state index contributed by atoms with van der Waals surface area (Å²) in [7, 11) is 1.76. The Bertz CT molecular complexity index is 893. The van der Waals surface area contributed by atoms with Crippen LogP contribution in [0, 0.1) is 0 Å². The van der Waals surface area contributed by atoms with Gasteiger partial charge in [-0.15, -0.1) is 0 Å². The summed E-state index contributed by atoms with van der Waals surface area (Å²) >= 11 is 5.86. The van der Waals surface area contributed by atoms with Crippen molar-refractivity contribution in [1.29, 1.82) is 0 Å². The first kappa shape index (κ1) is 14.4. The summed E-state index contributed by atoms with van der Waals surface area (Å²) in [5, 5.41) is 7.21. The Kier molecular flexibility index (Phi) is 3.72. The van der Waals surface area contributed by atoms with Crippen molar-refractivity contribution in [2.24, 2.45) is 7.05 Å². The molecule has 0 atom stereocenters. The number of halogens is 1. The van der Waals surface area contributed by atoms with Crippen LogP contribution < -0.4 is 11.1 Å². The summed E-state index contributed by atoms with van der Waals surface area (Å²) in [6, 6.07) is 6.63. The Hall–Kier alpha value is -2.54. The Morgan fingerprint density at radius 2 is 2.23 bits per heavy atom. The fourth-order valence-corrected chi connectivity index (χ4v) is 2.31. The van der Waals surface area contributed by atoms with Crippen molar-refractivity contribution in [1.82, 2.24) is 14.3 Å². The highest BCUT2D eigenvalue weighted by Gasteiger charge is 2.12. The average Bonchev–Trinajstić information content (AvgIpc) is 2.99. The zero-order chi connectivity index (χ0) is 15.7. The van der Waals surface area contributed by atoms with Crippen molar-refractivity contribution in [3.8, 4) is 0 Å². The van der Waals surface area contributed by atoms with Crippen molar-refractivity contribution in [3.05, 3.63) is 46.0 Å². The zero-order valence-corrected chi connectivity index (χ0v) is 12.5. The topological polar surface area (TPSA) is 82.1 Å². The van der Waals surface area contributed by atoms with Crippen molar-refractivity contribution >= 4 is 34.4 Å². The number of rotatable bonds is 4. The highest BCUT2D eigenvalue weighted by molar-refractivity contribution is 6.31. The molecule has 3 aromatic rings. The van der Waals surface area contributed by atoms with E-state index >= 15 is 0 Å². The third-order valence-electron chi connectivity index (χ3n) is 3.17. The van der Waals surface area contributed by atoms with Gasteiger partial charge < -0.3 is 9.73 Å². The monoisotopic (exact) mass is 320 g/mol. The molecule has 0 saturated heterocycles. The Labute approximate surface area is 130 Å². The molecule has 0 radical (unpaired) electrons. The molecule has 0 unspecified atom stereocenters. The molecular formula is C14H13ClN4O3. The molecule has 1 N–H and O–H groups in total. The van der Waals surface area contributed by atoms with Crippen LogP contribution in [-0.2, 0) is 18.4 Å². The van der Waals surface area contributed by atoms with Gasteiger partial charge in [0, 0.05) is 43.4 Å². The number of anilines is 1. The van der Waals surface area contributed by atoms with Gasteiger partial charge in [0.1, 0.15) is 0 Å². The molecule has 0 bridgehead atoms. The van der Waals surface area contributed by atoms with E-state index in [1.807, 2.05) is 0 Å². The number of hydrogen-bond acceptors (Lipinski definition) is 4. The molecule has 0 aliphatic carbocycles. The lowest BCUT2D eigenvalue weighted by Crippen LogP contribution is -2.20. The van der Waals surface area contributed by atoms with Gasteiger partial charge in [-0.2, -0.15) is 5.10 Å². The first-order valence-electron chi connectivity index (χ1n) is 6.61. The second-order valence-electron chi connectivity index (χ2n) is 4.80. The van der Waals surface area contributed by atoms with E-state index in [9.17, 15) is 9.59 Å². The smallest absolute Gasteiger partial charge is 0.408 e. The molecule has 0 saturated carbocycles. The zero-order valence-electron chi connectivity index (χ0n) is 11.7. The third kappa shape index (κ3) is 2.89. The number of aryl methyl sites for hydroxylation is 2. The number of nitrogens with one attached hydrogen (secondary N) is 1. The van der Waals surface area contributed by atoms with E-state index in [1.54, 1.807) is 42.2 Å². The molecule has 114 valence electrons. The number of hydrogen-bond donors (Lipinski definition) is 1. The van der Waals surface area contributed by atoms with Crippen molar-refractivity contribution in [3.63, 3.8) is 0 Å². The Morgan fingerprint density at radius 1 is 1.41 bits per heavy atom. The van der Waals surface area contributed by atoms with Gasteiger partial charge in [-0.3, -0.25) is 14.0 Å². The summed E-state index contributed by atoms with van der Waals surface area (Å²) in [5.74, 6) is -0.263. The second-order valence-corrected chi connectivity index (χ2v) is 5.24. The van der Waals surface area contributed by atoms with Crippen LogP contribution in [0.5, 0.6) is 0 Å². The minimum absolute atomic E-state index is 0.133. The molecule has 2 heterocycles. The maximum Gasteiger partial charge on any atom is 0.419 e. The van der Waals surface area contributed by atoms with Gasteiger partial charge in [-0.05, 0) is 12.1 Å². The minimum Gasteiger partial charge on any atom is -0.408 e. The molecule has 8 heteroatoms. The lowest BCUT2D eigenvalue weighted by atomic mass is 10.3. The number of aromatic nitrogens is 3. The van der Waals surface area contributed by atoms with Crippen LogP contribution in [0.4, 0.5) is 5.82 Å². The summed E-state index contributed by atoms with van der Waals surface area (Å²) in [5.41, 5.74) is 1.02. The Balaban J connectivity index is 1.72. The van der Waals surface area contributed by atoms with E-state index in [4.69, 9.17) is 16.0 Å². The largest absolute Gasteiger partial charge is 0.419 e. The first-order valence-corrected chi connectivity index (χ1v) is 6.99. The molecule has 0 spiro atoms. The molecule has 7 nitrogen and oxygen atoms in total. The van der Waals surface area contributed by atoms with E-state index in [1.165, 1.54) is 4.57 Å². The predicted octanol–water partition coefficient (Wildman–Crippen LogP) is 2.01. The van der Waals surface area contributed by atoms with Gasteiger partial charge in [0.2, 0.25) is 5.91 Å². The highest BCUT2D eigenvalue weighted by atomic mass is 35.5. The number of benzene rings is 1. The van der Waals surface area contributed by atoms with Crippen molar-refractivity contribution in [2.45, 2.75) is 13.0 Å². The number of carbonyl (C=O) groups excluding carboxylic acids is 1. The normalized spacial score (nSPS) is 11.0. The standard InChI is InChI=1S/C14H13ClN4O3/c1-18-6-4-12(17-18)16-13(20)5-7-19-10-3-2-9(15)8-11(10)22-14(19)21/h2-4,6,8H,5,7H2,1H3,(H,16,17,20). The minimum atomic E-state index is -0.511. The van der Waals surface area contributed by atoms with Crippen molar-refractivity contribution in [2.75, 3.05) is 5.32 Å². The molecule has 2 aromatic heterocycles. The first-order chi connectivity index (χ1) is 10.5. The van der Waals surface area contributed by atoms with E-state index in [0.717, 1.165) is 0 Å². The molecule has 1 amide bonds. The van der Waals surface area contributed by atoms with Gasteiger partial charge in [-0.25, -0.2) is 4.79 Å². The van der Waals surface area contributed by atoms with Crippen LogP contribution in [0.25, 0.3) is 11.1 Å². The molecule has 3 rings (SSSR count). The quantitative estimate of drug-likeness (QED) is 0.797. The highest BCUT2D eigenvalue weighted by Crippen LogP contribution is 2.18. The predicted molar refractivity (Wildman–Crippen MR) is 81.9 cm³/mol. The van der Waals surface area contributed by atoms with Gasteiger partial charge in [0.05, 0.1) is 5.52 Å². The van der Waals surface area contributed by atoms with E-state index in [2.05, 4.69) is 10.4 Å². The van der Waals surface area contributed by atoms with Gasteiger partial charge in [0.25, 0.3) is 0 Å². The fourth-order valence-electron chi connectivity index (χ4n) is 2.15. The molecular weight excluding hydrogens is 308 g/mol. The fraction of sp³-hybridized carbons (Fsp3) is 0.214. The number of carbonyl (C=O) groups is 1. The molecule has 22 heavy (non-hydrogen) atoms. The van der Waals surface area contributed by atoms with Gasteiger partial charge >= 0.3 is 5.76 Å². The SMILES string of the molecule is Cn1ccc(NC(=O)CCn2c(=O)oc3cc(Cl)ccc32)n1. The summed E-state index contributed by atoms with van der Waals surface area (Å²) in [6.07, 6.45) is 1.86. The maximum atomic E-state index is 11.9. The van der Waals surface area contributed by atoms with Gasteiger partial charge in [-0.1, -0.05) is 11.6 Å². The molecule has 0 fully saturated rings. The maximum absolute atomic E-state index is 11.9. The molecule has 0 aliphatic heterocycles. The number of fused-ring (bicyclic) bond motifs is 1. The summed E-state index contributed by atoms with van der Waals surface area (Å²) < 4.78 is 8.11. The number of oxazole rings is 1. The van der Waals surface area contributed by atoms with Crippen LogP contribution in [0.1, 0.15) is 6.42 Å². The molecule has 1 aromatic carbocycles. The second kappa shape index (κ2) is 5.69. The lowest BCUT2D eigenvalue weighted by molar-refractivity contribution is -0.116. The van der Waals surface area contributed by atoms with Crippen LogP contribution in [0.15, 0.2) is 39.7 Å². The third-order valence-corrected chi connectivity index (χ3v) is 3.41. The van der Waals surface area contributed by atoms with Gasteiger partial charge in [0.15, 0.2) is 11.4 Å². The van der Waals surface area contributed by atoms with Crippen LogP contribution in [-0.4, -0.2) is 20.3 Å². The summed E-state index contributed by atoms with van der Waals surface area (Å²) in [4.78, 5) is 23.7. The number of nitrogens with zero attached hydrogens (tertiary/aromatic N) is 3. The van der Waals surface area contributed by atoms with Crippen LogP contribution >= 0.6 is 11.6 Å². The average molecular weight is 321 g/mol. The summed E-state index contributed by atoms with van der Waals surface area (Å²) in [6.45, 7) is 0.214. The number of amides is 1. The lowest BCUT2D eigenvalue weighted by Gasteiger charge is -2.03.